The van der Waals surface area contributed by atoms with E-state index in [9.17, 15) is 9.90 Å². The maximum Gasteiger partial charge on any atom is 0.255 e. The first-order chi connectivity index (χ1) is 10.6. The smallest absolute Gasteiger partial charge is 0.255 e. The minimum absolute atomic E-state index is 0.0754. The minimum Gasteiger partial charge on any atom is -0.481 e. The van der Waals surface area contributed by atoms with Crippen LogP contribution in [0.4, 0.5) is 0 Å². The third-order valence-corrected chi connectivity index (χ3v) is 3.95. The average molecular weight is 302 g/mol. The van der Waals surface area contributed by atoms with Crippen molar-refractivity contribution in [3.63, 3.8) is 0 Å². The number of aliphatic hydroxyl groups excluding tert-OH is 1. The van der Waals surface area contributed by atoms with E-state index in [4.69, 9.17) is 4.74 Å². The van der Waals surface area contributed by atoms with Crippen LogP contribution >= 0.6 is 0 Å². The highest BCUT2D eigenvalue weighted by atomic mass is 16.5. The van der Waals surface area contributed by atoms with Crippen molar-refractivity contribution >= 4 is 5.91 Å². The largest absolute Gasteiger partial charge is 0.481 e. The lowest BCUT2D eigenvalue weighted by molar-refractivity contribution is 0.0731. The van der Waals surface area contributed by atoms with Crippen molar-refractivity contribution in [1.82, 2.24) is 19.7 Å². The Labute approximate surface area is 128 Å². The highest BCUT2D eigenvalue weighted by Gasteiger charge is 2.27. The summed E-state index contributed by atoms with van der Waals surface area (Å²) in [6.45, 7) is 0.974. The van der Waals surface area contributed by atoms with Gasteiger partial charge in [-0.25, -0.2) is 4.98 Å². The van der Waals surface area contributed by atoms with E-state index in [0.717, 1.165) is 17.7 Å². The first-order valence-corrected chi connectivity index (χ1v) is 7.08. The molecular formula is C15H18N4O3. The summed E-state index contributed by atoms with van der Waals surface area (Å²) in [4.78, 5) is 18.4. The fraction of sp³-hybridized carbons (Fsp3) is 0.400. The van der Waals surface area contributed by atoms with E-state index in [-0.39, 0.29) is 12.5 Å². The number of carbonyl (C=O) groups is 1. The number of aromatic nitrogens is 3. The molecular weight excluding hydrogens is 284 g/mol. The van der Waals surface area contributed by atoms with Crippen LogP contribution in [0.5, 0.6) is 5.88 Å². The predicted molar refractivity (Wildman–Crippen MR) is 78.4 cm³/mol. The number of rotatable bonds is 3. The lowest BCUT2D eigenvalue weighted by Gasteiger charge is -2.27. The van der Waals surface area contributed by atoms with Crippen molar-refractivity contribution in [2.75, 3.05) is 13.7 Å². The monoisotopic (exact) mass is 302 g/mol. The van der Waals surface area contributed by atoms with Gasteiger partial charge >= 0.3 is 0 Å². The highest BCUT2D eigenvalue weighted by Crippen LogP contribution is 2.23. The van der Waals surface area contributed by atoms with Crippen molar-refractivity contribution in [2.45, 2.75) is 19.6 Å². The van der Waals surface area contributed by atoms with Gasteiger partial charge in [0.15, 0.2) is 0 Å². The Balaban J connectivity index is 1.82. The average Bonchev–Trinajstić information content (AvgIpc) is 2.90. The van der Waals surface area contributed by atoms with E-state index in [1.165, 1.54) is 13.3 Å². The van der Waals surface area contributed by atoms with Crippen LogP contribution in [0.25, 0.3) is 0 Å². The van der Waals surface area contributed by atoms with E-state index < -0.39 is 0 Å². The third-order valence-electron chi connectivity index (χ3n) is 3.95. The molecule has 2 aromatic heterocycles. The second-order valence-electron chi connectivity index (χ2n) is 5.22. The molecule has 0 aromatic carbocycles. The maximum absolute atomic E-state index is 12.6. The summed E-state index contributed by atoms with van der Waals surface area (Å²) in [5, 5.41) is 13.7. The predicted octanol–water partition coefficient (Wildman–Crippen LogP) is 0.514. The summed E-state index contributed by atoms with van der Waals surface area (Å²) < 4.78 is 6.79. The van der Waals surface area contributed by atoms with Gasteiger partial charge in [0.2, 0.25) is 5.88 Å². The molecule has 0 atom stereocenters. The topological polar surface area (TPSA) is 80.5 Å². The van der Waals surface area contributed by atoms with Gasteiger partial charge in [-0.3, -0.25) is 9.48 Å². The molecule has 1 aliphatic heterocycles. The summed E-state index contributed by atoms with van der Waals surface area (Å²) in [6, 6.07) is 3.38. The number of hydrogen-bond donors (Lipinski definition) is 1. The first-order valence-electron chi connectivity index (χ1n) is 7.08. The van der Waals surface area contributed by atoms with Crippen molar-refractivity contribution in [2.24, 2.45) is 7.05 Å². The van der Waals surface area contributed by atoms with Crippen LogP contribution in [0.15, 0.2) is 18.3 Å². The fourth-order valence-electron chi connectivity index (χ4n) is 2.78. The van der Waals surface area contributed by atoms with E-state index >= 15 is 0 Å². The molecule has 116 valence electrons. The zero-order valence-corrected chi connectivity index (χ0v) is 12.6. The lowest BCUT2D eigenvalue weighted by Crippen LogP contribution is -2.36. The second-order valence-corrected chi connectivity index (χ2v) is 5.22. The molecule has 7 heteroatoms. The zero-order valence-electron chi connectivity index (χ0n) is 12.6. The van der Waals surface area contributed by atoms with Crippen LogP contribution in [-0.4, -0.2) is 44.3 Å². The number of carbonyl (C=O) groups excluding carboxylic acids is 1. The van der Waals surface area contributed by atoms with E-state index in [1.54, 1.807) is 21.7 Å². The van der Waals surface area contributed by atoms with Crippen LogP contribution in [0, 0.1) is 0 Å². The van der Waals surface area contributed by atoms with Crippen LogP contribution in [0.1, 0.15) is 27.3 Å². The molecule has 22 heavy (non-hydrogen) atoms. The molecule has 3 heterocycles. The number of methoxy groups -OCH3 is 1. The molecule has 1 amide bonds. The number of aryl methyl sites for hydroxylation is 1. The van der Waals surface area contributed by atoms with Crippen LogP contribution in [0.3, 0.4) is 0 Å². The van der Waals surface area contributed by atoms with Gasteiger partial charge in [0.1, 0.15) is 0 Å². The Bertz CT molecular complexity index is 694. The number of hydrogen-bond acceptors (Lipinski definition) is 5. The van der Waals surface area contributed by atoms with Crippen LogP contribution < -0.4 is 4.74 Å². The van der Waals surface area contributed by atoms with Gasteiger partial charge < -0.3 is 14.7 Å². The molecule has 0 unspecified atom stereocenters. The van der Waals surface area contributed by atoms with Crippen molar-refractivity contribution in [1.29, 1.82) is 0 Å². The van der Waals surface area contributed by atoms with E-state index in [0.29, 0.717) is 30.2 Å². The Morgan fingerprint density at radius 3 is 2.91 bits per heavy atom. The van der Waals surface area contributed by atoms with Crippen molar-refractivity contribution < 1.29 is 14.6 Å². The molecule has 1 N–H and O–H groups in total. The molecule has 0 saturated carbocycles. The number of amides is 1. The Hall–Kier alpha value is -2.41. The van der Waals surface area contributed by atoms with Gasteiger partial charge in [0.05, 0.1) is 25.0 Å². The van der Waals surface area contributed by atoms with Gasteiger partial charge in [0, 0.05) is 50.1 Å². The number of nitrogens with zero attached hydrogens (tertiary/aromatic N) is 4. The molecule has 0 radical (unpaired) electrons. The summed E-state index contributed by atoms with van der Waals surface area (Å²) >= 11 is 0. The molecule has 0 saturated heterocycles. The third kappa shape index (κ3) is 2.43. The highest BCUT2D eigenvalue weighted by molar-refractivity contribution is 5.94. The Kier molecular flexibility index (Phi) is 3.81. The summed E-state index contributed by atoms with van der Waals surface area (Å²) in [6.07, 6.45) is 2.25. The lowest BCUT2D eigenvalue weighted by atomic mass is 10.0. The van der Waals surface area contributed by atoms with Gasteiger partial charge in [-0.05, 0) is 6.07 Å². The minimum atomic E-state index is -0.116. The molecule has 3 rings (SSSR count). The van der Waals surface area contributed by atoms with E-state index in [1.807, 2.05) is 7.05 Å². The number of ether oxygens (including phenoxy) is 1. The quantitative estimate of drug-likeness (QED) is 0.894. The van der Waals surface area contributed by atoms with Gasteiger partial charge in [-0.15, -0.1) is 0 Å². The maximum atomic E-state index is 12.6. The molecule has 0 aliphatic carbocycles. The zero-order chi connectivity index (χ0) is 15.7. The number of aliphatic hydroxyl groups is 1. The Morgan fingerprint density at radius 1 is 1.45 bits per heavy atom. The molecule has 0 bridgehead atoms. The van der Waals surface area contributed by atoms with Gasteiger partial charge in [-0.1, -0.05) is 0 Å². The second kappa shape index (κ2) is 5.76. The van der Waals surface area contributed by atoms with E-state index in [2.05, 4.69) is 10.1 Å². The summed E-state index contributed by atoms with van der Waals surface area (Å²) in [5.41, 5.74) is 3.20. The fourth-order valence-corrected chi connectivity index (χ4v) is 2.78. The first kappa shape index (κ1) is 14.5. The van der Waals surface area contributed by atoms with Crippen LogP contribution in [-0.2, 0) is 26.6 Å². The Morgan fingerprint density at radius 2 is 2.27 bits per heavy atom. The van der Waals surface area contributed by atoms with Crippen LogP contribution in [0.2, 0.25) is 0 Å². The number of fused-ring (bicyclic) bond motifs is 1. The normalized spacial score (nSPS) is 13.9. The van der Waals surface area contributed by atoms with Crippen molar-refractivity contribution in [3.8, 4) is 5.88 Å². The summed E-state index contributed by atoms with van der Waals surface area (Å²) in [7, 11) is 3.40. The molecule has 0 fully saturated rings. The summed E-state index contributed by atoms with van der Waals surface area (Å²) in [5.74, 6) is 0.404. The van der Waals surface area contributed by atoms with Gasteiger partial charge in [0.25, 0.3) is 5.91 Å². The SMILES string of the molecule is COc1ccc(C(=O)N2CCc3c(c(CO)nn3C)C2)cn1. The molecule has 1 aliphatic rings. The van der Waals surface area contributed by atoms with Crippen molar-refractivity contribution in [3.05, 3.63) is 40.8 Å². The molecule has 2 aromatic rings. The van der Waals surface area contributed by atoms with Gasteiger partial charge in [-0.2, -0.15) is 5.10 Å². The molecule has 7 nitrogen and oxygen atoms in total. The number of pyridine rings is 1. The molecule has 0 spiro atoms. The standard InChI is InChI=1S/C15H18N4O3/c1-18-13-5-6-19(8-11(13)12(9-20)17-18)15(21)10-3-4-14(22-2)16-7-10/h3-4,7,20H,5-6,8-9H2,1-2H3.